The van der Waals surface area contributed by atoms with Crippen molar-refractivity contribution in [3.05, 3.63) is 35.6 Å². The van der Waals surface area contributed by atoms with Gasteiger partial charge in [0.2, 0.25) is 17.7 Å². The Morgan fingerprint density at radius 2 is 1.83 bits per heavy atom. The molecule has 2 heterocycles. The van der Waals surface area contributed by atoms with Crippen LogP contribution in [0.3, 0.4) is 0 Å². The van der Waals surface area contributed by atoms with Gasteiger partial charge in [0.1, 0.15) is 12.4 Å². The van der Waals surface area contributed by atoms with Crippen LogP contribution < -0.4 is 0 Å². The van der Waals surface area contributed by atoms with Crippen molar-refractivity contribution < 1.29 is 23.6 Å². The van der Waals surface area contributed by atoms with E-state index in [0.29, 0.717) is 25.9 Å². The molecule has 4 amide bonds. The Balaban J connectivity index is 1.61. The van der Waals surface area contributed by atoms with E-state index in [1.165, 1.54) is 23.1 Å². The Bertz CT molecular complexity index is 855. The number of hydrogen-bond donors (Lipinski definition) is 0. The van der Waals surface area contributed by atoms with Gasteiger partial charge in [-0.05, 0) is 31.0 Å². The molecule has 0 unspecified atom stereocenters. The third-order valence-electron chi connectivity index (χ3n) is 5.29. The molecule has 0 spiro atoms. The number of hydrogen-bond acceptors (Lipinski definition) is 4. The molecule has 2 aliphatic rings. The van der Waals surface area contributed by atoms with Crippen LogP contribution in [0.2, 0.25) is 0 Å². The molecule has 2 fully saturated rings. The van der Waals surface area contributed by atoms with Crippen LogP contribution in [0.15, 0.2) is 24.3 Å². The lowest BCUT2D eigenvalue weighted by atomic mass is 10.0. The van der Waals surface area contributed by atoms with Gasteiger partial charge in [0.05, 0.1) is 6.54 Å². The van der Waals surface area contributed by atoms with Gasteiger partial charge in [-0.1, -0.05) is 12.0 Å². The van der Waals surface area contributed by atoms with Crippen LogP contribution in [0.4, 0.5) is 4.39 Å². The minimum Gasteiger partial charge on any atom is -0.338 e. The van der Waals surface area contributed by atoms with Gasteiger partial charge in [-0.3, -0.25) is 24.1 Å². The Morgan fingerprint density at radius 3 is 2.41 bits per heavy atom. The van der Waals surface area contributed by atoms with Gasteiger partial charge in [-0.2, -0.15) is 0 Å². The first kappa shape index (κ1) is 20.5. The summed E-state index contributed by atoms with van der Waals surface area (Å²) < 4.78 is 13.4. The van der Waals surface area contributed by atoms with Gasteiger partial charge in [-0.15, -0.1) is 6.42 Å². The quantitative estimate of drug-likeness (QED) is 0.548. The fraction of sp³-hybridized carbons (Fsp3) is 0.429. The Labute approximate surface area is 168 Å². The summed E-state index contributed by atoms with van der Waals surface area (Å²) >= 11 is 0. The minimum atomic E-state index is -0.470. The highest BCUT2D eigenvalue weighted by Gasteiger charge is 2.34. The summed E-state index contributed by atoms with van der Waals surface area (Å²) in [6.45, 7) is 0.561. The molecule has 0 N–H and O–H groups in total. The average Bonchev–Trinajstić information content (AvgIpc) is 3.03. The van der Waals surface area contributed by atoms with Crippen molar-refractivity contribution in [1.29, 1.82) is 0 Å². The molecule has 1 aromatic carbocycles. The fourth-order valence-electron chi connectivity index (χ4n) is 3.73. The number of carbonyl (C=O) groups excluding carboxylic acids is 4. The Kier molecular flexibility index (Phi) is 6.27. The number of piperidine rings is 1. The molecule has 1 aromatic rings. The van der Waals surface area contributed by atoms with E-state index in [-0.39, 0.29) is 61.2 Å². The predicted molar refractivity (Wildman–Crippen MR) is 102 cm³/mol. The maximum atomic E-state index is 13.4. The van der Waals surface area contributed by atoms with Crippen molar-refractivity contribution in [1.82, 2.24) is 14.7 Å². The van der Waals surface area contributed by atoms with E-state index in [4.69, 9.17) is 6.42 Å². The molecule has 2 saturated heterocycles. The van der Waals surface area contributed by atoms with Crippen LogP contribution in [0, 0.1) is 18.2 Å². The van der Waals surface area contributed by atoms with Gasteiger partial charge >= 0.3 is 0 Å². The number of halogens is 1. The zero-order valence-corrected chi connectivity index (χ0v) is 16.0. The molecular formula is C21H22FN3O4. The normalized spacial score (nSPS) is 17.4. The first-order valence-electron chi connectivity index (χ1n) is 9.51. The van der Waals surface area contributed by atoms with Crippen molar-refractivity contribution in [2.75, 3.05) is 26.2 Å². The number of imide groups is 1. The summed E-state index contributed by atoms with van der Waals surface area (Å²) in [4.78, 5) is 52.9. The predicted octanol–water partition coefficient (Wildman–Crippen LogP) is 1.04. The van der Waals surface area contributed by atoms with E-state index in [9.17, 15) is 23.6 Å². The molecule has 152 valence electrons. The maximum absolute atomic E-state index is 13.4. The van der Waals surface area contributed by atoms with Crippen LogP contribution in [-0.2, 0) is 14.4 Å². The first-order valence-corrected chi connectivity index (χ1v) is 9.51. The molecular weight excluding hydrogens is 377 g/mol. The van der Waals surface area contributed by atoms with Crippen molar-refractivity contribution in [2.45, 2.75) is 31.7 Å². The van der Waals surface area contributed by atoms with Gasteiger partial charge in [-0.25, -0.2) is 4.39 Å². The van der Waals surface area contributed by atoms with Gasteiger partial charge in [0.25, 0.3) is 5.91 Å². The molecule has 0 radical (unpaired) electrons. The lowest BCUT2D eigenvalue weighted by molar-refractivity contribution is -0.146. The molecule has 7 nitrogen and oxygen atoms in total. The summed E-state index contributed by atoms with van der Waals surface area (Å²) in [5.74, 6) is 0.657. The number of likely N-dealkylation sites (tertiary alicyclic amines) is 2. The van der Waals surface area contributed by atoms with Gasteiger partial charge < -0.3 is 9.80 Å². The van der Waals surface area contributed by atoms with Crippen LogP contribution in [0.25, 0.3) is 0 Å². The van der Waals surface area contributed by atoms with Crippen LogP contribution in [-0.4, -0.2) is 70.5 Å². The zero-order chi connectivity index (χ0) is 21.0. The van der Waals surface area contributed by atoms with Crippen LogP contribution in [0.1, 0.15) is 36.0 Å². The molecule has 8 heteroatoms. The molecule has 0 bridgehead atoms. The largest absolute Gasteiger partial charge is 0.338 e. The zero-order valence-electron chi connectivity index (χ0n) is 16.0. The average molecular weight is 399 g/mol. The third-order valence-corrected chi connectivity index (χ3v) is 5.29. The smallest absolute Gasteiger partial charge is 0.253 e. The van der Waals surface area contributed by atoms with E-state index in [1.54, 1.807) is 11.0 Å². The summed E-state index contributed by atoms with van der Waals surface area (Å²) in [6, 6.07) is 5.34. The highest BCUT2D eigenvalue weighted by atomic mass is 19.1. The number of carbonyl (C=O) groups is 4. The van der Waals surface area contributed by atoms with E-state index >= 15 is 0 Å². The second-order valence-corrected chi connectivity index (χ2v) is 7.13. The van der Waals surface area contributed by atoms with Crippen molar-refractivity contribution >= 4 is 23.6 Å². The Morgan fingerprint density at radius 1 is 1.17 bits per heavy atom. The monoisotopic (exact) mass is 399 g/mol. The number of nitrogens with zero attached hydrogens (tertiary/aromatic N) is 3. The minimum absolute atomic E-state index is 0.0670. The first-order chi connectivity index (χ1) is 13.9. The van der Waals surface area contributed by atoms with Crippen molar-refractivity contribution in [3.8, 4) is 12.3 Å². The van der Waals surface area contributed by atoms with Crippen LogP contribution in [0.5, 0.6) is 0 Å². The molecule has 29 heavy (non-hydrogen) atoms. The van der Waals surface area contributed by atoms with E-state index < -0.39 is 5.82 Å². The number of rotatable bonds is 5. The van der Waals surface area contributed by atoms with Crippen LogP contribution >= 0.6 is 0 Å². The molecule has 3 rings (SSSR count). The molecule has 0 aliphatic carbocycles. The summed E-state index contributed by atoms with van der Waals surface area (Å²) in [6.07, 6.45) is 6.69. The SMILES string of the molecule is C#CCN(C(=O)CN1C(=O)CCC1=O)C1CCN(C(=O)c2cccc(F)c2)CC1. The van der Waals surface area contributed by atoms with Gasteiger partial charge in [0, 0.05) is 37.5 Å². The maximum Gasteiger partial charge on any atom is 0.253 e. The number of amides is 4. The number of terminal acetylenes is 1. The number of benzene rings is 1. The van der Waals surface area contributed by atoms with Crippen molar-refractivity contribution in [3.63, 3.8) is 0 Å². The summed E-state index contributed by atoms with van der Waals surface area (Å²) in [5, 5.41) is 0. The molecule has 2 aliphatic heterocycles. The molecule has 0 atom stereocenters. The topological polar surface area (TPSA) is 78.0 Å². The van der Waals surface area contributed by atoms with E-state index in [0.717, 1.165) is 4.90 Å². The summed E-state index contributed by atoms with van der Waals surface area (Å²) in [5.41, 5.74) is 0.283. The highest BCUT2D eigenvalue weighted by Crippen LogP contribution is 2.20. The Hall–Kier alpha value is -3.21. The third kappa shape index (κ3) is 4.62. The molecule has 0 aromatic heterocycles. The van der Waals surface area contributed by atoms with E-state index in [2.05, 4.69) is 5.92 Å². The van der Waals surface area contributed by atoms with E-state index in [1.807, 2.05) is 0 Å². The highest BCUT2D eigenvalue weighted by molar-refractivity contribution is 6.04. The standard InChI is InChI=1S/C21H22FN3O4/c1-2-10-24(20(28)14-25-18(26)6-7-19(25)27)17-8-11-23(12-9-17)21(29)15-4-3-5-16(22)13-15/h1,3-5,13,17H,6-12,14H2. The second kappa shape index (κ2) is 8.86. The lowest BCUT2D eigenvalue weighted by Crippen LogP contribution is -2.51. The molecule has 0 saturated carbocycles. The van der Waals surface area contributed by atoms with Gasteiger partial charge in [0.15, 0.2) is 0 Å². The second-order valence-electron chi connectivity index (χ2n) is 7.13. The lowest BCUT2D eigenvalue weighted by Gasteiger charge is -2.38. The van der Waals surface area contributed by atoms with Crippen molar-refractivity contribution in [2.24, 2.45) is 0 Å². The summed E-state index contributed by atoms with van der Waals surface area (Å²) in [7, 11) is 0. The fourth-order valence-corrected chi connectivity index (χ4v) is 3.73.